The highest BCUT2D eigenvalue weighted by Gasteiger charge is 2.10. The molecule has 126 valence electrons. The number of ether oxygens (including phenoxy) is 2. The van der Waals surface area contributed by atoms with Gasteiger partial charge in [-0.2, -0.15) is 0 Å². The first-order valence-corrected chi connectivity index (χ1v) is 8.44. The maximum absolute atomic E-state index is 5.87. The summed E-state index contributed by atoms with van der Waals surface area (Å²) in [6, 6.07) is 6.05. The maximum atomic E-state index is 5.87. The minimum absolute atomic E-state index is 0.126. The predicted octanol–water partition coefficient (Wildman–Crippen LogP) is 4.19. The molecule has 0 aliphatic carbocycles. The van der Waals surface area contributed by atoms with Gasteiger partial charge in [-0.3, -0.25) is 0 Å². The van der Waals surface area contributed by atoms with Gasteiger partial charge in [0.25, 0.3) is 0 Å². The van der Waals surface area contributed by atoms with E-state index < -0.39 is 0 Å². The van der Waals surface area contributed by atoms with Crippen molar-refractivity contribution in [3.8, 4) is 11.5 Å². The number of nitrogens with one attached hydrogen (secondary N) is 1. The quantitative estimate of drug-likeness (QED) is 0.602. The second-order valence-corrected chi connectivity index (χ2v) is 6.12. The van der Waals surface area contributed by atoms with Crippen molar-refractivity contribution in [1.29, 1.82) is 0 Å². The highest BCUT2D eigenvalue weighted by Crippen LogP contribution is 2.32. The highest BCUT2D eigenvalue weighted by atomic mass is 16.5. The zero-order valence-electron chi connectivity index (χ0n) is 14.5. The van der Waals surface area contributed by atoms with Crippen LogP contribution in [0.2, 0.25) is 0 Å². The van der Waals surface area contributed by atoms with Crippen LogP contribution in [0.1, 0.15) is 53.4 Å². The van der Waals surface area contributed by atoms with Gasteiger partial charge in [0.15, 0.2) is 11.5 Å². The molecule has 4 nitrogen and oxygen atoms in total. The van der Waals surface area contributed by atoms with E-state index in [0.717, 1.165) is 43.1 Å². The van der Waals surface area contributed by atoms with Gasteiger partial charge < -0.3 is 20.5 Å². The molecule has 22 heavy (non-hydrogen) atoms. The predicted molar refractivity (Wildman–Crippen MR) is 94.0 cm³/mol. The molecule has 0 fully saturated rings. The Hall–Kier alpha value is -1.42. The van der Waals surface area contributed by atoms with E-state index in [9.17, 15) is 0 Å². The van der Waals surface area contributed by atoms with Crippen LogP contribution in [0.25, 0.3) is 0 Å². The number of nitrogens with two attached hydrogens (primary N) is 1. The monoisotopic (exact) mass is 308 g/mol. The Bertz CT molecular complexity index is 420. The van der Waals surface area contributed by atoms with E-state index in [-0.39, 0.29) is 12.2 Å². The molecule has 0 bridgehead atoms. The van der Waals surface area contributed by atoms with Crippen LogP contribution in [-0.2, 0) is 0 Å². The number of hydrogen-bond acceptors (Lipinski definition) is 4. The molecule has 1 aromatic rings. The van der Waals surface area contributed by atoms with Crippen LogP contribution < -0.4 is 20.5 Å². The molecule has 4 heteroatoms. The summed E-state index contributed by atoms with van der Waals surface area (Å²) < 4.78 is 11.7. The van der Waals surface area contributed by atoms with E-state index >= 15 is 0 Å². The minimum Gasteiger partial charge on any atom is -0.487 e. The molecular formula is C18H32N2O2. The van der Waals surface area contributed by atoms with Crippen molar-refractivity contribution in [2.75, 3.05) is 18.4 Å². The van der Waals surface area contributed by atoms with Crippen molar-refractivity contribution in [3.63, 3.8) is 0 Å². The molecular weight excluding hydrogens is 276 g/mol. The normalized spacial score (nSPS) is 11.0. The van der Waals surface area contributed by atoms with E-state index in [0.29, 0.717) is 0 Å². The lowest BCUT2D eigenvalue weighted by Crippen LogP contribution is -2.11. The molecule has 0 saturated carbocycles. The Kier molecular flexibility index (Phi) is 8.75. The summed E-state index contributed by atoms with van der Waals surface area (Å²) >= 11 is 0. The van der Waals surface area contributed by atoms with Gasteiger partial charge in [-0.15, -0.1) is 0 Å². The average Bonchev–Trinajstić information content (AvgIpc) is 2.44. The topological polar surface area (TPSA) is 56.5 Å². The summed E-state index contributed by atoms with van der Waals surface area (Å²) in [6.45, 7) is 9.85. The molecule has 0 heterocycles. The first kappa shape index (κ1) is 18.6. The number of anilines is 1. The Morgan fingerprint density at radius 2 is 1.55 bits per heavy atom. The molecule has 0 aromatic heterocycles. The van der Waals surface area contributed by atoms with Crippen molar-refractivity contribution in [3.05, 3.63) is 18.2 Å². The number of unbranched alkanes of at least 4 members (excludes halogenated alkanes) is 3. The van der Waals surface area contributed by atoms with Gasteiger partial charge in [-0.1, -0.05) is 12.8 Å². The van der Waals surface area contributed by atoms with Gasteiger partial charge in [-0.05, 0) is 59.2 Å². The second kappa shape index (κ2) is 10.3. The number of benzene rings is 1. The third-order valence-corrected chi connectivity index (χ3v) is 3.13. The van der Waals surface area contributed by atoms with Crippen LogP contribution in [0.4, 0.5) is 5.69 Å². The first-order chi connectivity index (χ1) is 10.5. The van der Waals surface area contributed by atoms with Gasteiger partial charge in [0, 0.05) is 18.3 Å². The molecule has 0 aliphatic heterocycles. The molecule has 0 saturated heterocycles. The average molecular weight is 308 g/mol. The Morgan fingerprint density at radius 3 is 2.18 bits per heavy atom. The minimum atomic E-state index is 0.126. The third kappa shape index (κ3) is 7.55. The molecule has 0 radical (unpaired) electrons. The largest absolute Gasteiger partial charge is 0.487 e. The van der Waals surface area contributed by atoms with E-state index in [1.165, 1.54) is 12.8 Å². The van der Waals surface area contributed by atoms with Crippen LogP contribution in [0.3, 0.4) is 0 Å². The van der Waals surface area contributed by atoms with Crippen molar-refractivity contribution < 1.29 is 9.47 Å². The van der Waals surface area contributed by atoms with E-state index in [1.807, 2.05) is 45.9 Å². The molecule has 1 aromatic carbocycles. The fraction of sp³-hybridized carbons (Fsp3) is 0.667. The van der Waals surface area contributed by atoms with Crippen molar-refractivity contribution >= 4 is 5.69 Å². The summed E-state index contributed by atoms with van der Waals surface area (Å²) in [4.78, 5) is 0. The van der Waals surface area contributed by atoms with Crippen LogP contribution in [0.15, 0.2) is 18.2 Å². The van der Waals surface area contributed by atoms with E-state index in [1.54, 1.807) is 0 Å². The third-order valence-electron chi connectivity index (χ3n) is 3.13. The van der Waals surface area contributed by atoms with Gasteiger partial charge in [0.05, 0.1) is 12.2 Å². The lowest BCUT2D eigenvalue weighted by Gasteiger charge is -2.18. The second-order valence-electron chi connectivity index (χ2n) is 6.12. The summed E-state index contributed by atoms with van der Waals surface area (Å²) in [5.74, 6) is 1.61. The summed E-state index contributed by atoms with van der Waals surface area (Å²) in [6.07, 6.45) is 4.96. The zero-order valence-corrected chi connectivity index (χ0v) is 14.5. The lowest BCUT2D eigenvalue weighted by atomic mass is 10.2. The van der Waals surface area contributed by atoms with Gasteiger partial charge in [0.2, 0.25) is 0 Å². The highest BCUT2D eigenvalue weighted by molar-refractivity contribution is 5.54. The first-order valence-electron chi connectivity index (χ1n) is 8.44. The van der Waals surface area contributed by atoms with E-state index in [2.05, 4.69) is 5.32 Å². The molecule has 0 spiro atoms. The van der Waals surface area contributed by atoms with Crippen molar-refractivity contribution in [2.45, 2.75) is 65.6 Å². The molecule has 1 rings (SSSR count). The molecule has 0 amide bonds. The number of hydrogen-bond donors (Lipinski definition) is 2. The lowest BCUT2D eigenvalue weighted by molar-refractivity contribution is 0.199. The fourth-order valence-electron chi connectivity index (χ4n) is 2.17. The number of rotatable bonds is 11. The summed E-state index contributed by atoms with van der Waals surface area (Å²) in [5, 5.41) is 3.45. The van der Waals surface area contributed by atoms with Crippen LogP contribution in [0, 0.1) is 0 Å². The van der Waals surface area contributed by atoms with Crippen LogP contribution >= 0.6 is 0 Å². The van der Waals surface area contributed by atoms with Crippen LogP contribution in [-0.4, -0.2) is 25.3 Å². The smallest absolute Gasteiger partial charge is 0.163 e. The van der Waals surface area contributed by atoms with Crippen molar-refractivity contribution in [2.24, 2.45) is 5.73 Å². The van der Waals surface area contributed by atoms with Crippen LogP contribution in [0.5, 0.6) is 11.5 Å². The van der Waals surface area contributed by atoms with Gasteiger partial charge >= 0.3 is 0 Å². The molecule has 3 N–H and O–H groups in total. The summed E-state index contributed by atoms with van der Waals surface area (Å²) in [5.41, 5.74) is 6.57. The van der Waals surface area contributed by atoms with Gasteiger partial charge in [0.1, 0.15) is 0 Å². The van der Waals surface area contributed by atoms with Crippen molar-refractivity contribution in [1.82, 2.24) is 0 Å². The maximum Gasteiger partial charge on any atom is 0.163 e. The summed E-state index contributed by atoms with van der Waals surface area (Å²) in [7, 11) is 0. The molecule has 0 aliphatic rings. The Labute approximate surface area is 135 Å². The fourth-order valence-corrected chi connectivity index (χ4v) is 2.17. The van der Waals surface area contributed by atoms with E-state index in [4.69, 9.17) is 15.2 Å². The molecule has 0 unspecified atom stereocenters. The van der Waals surface area contributed by atoms with Gasteiger partial charge in [-0.25, -0.2) is 0 Å². The Balaban J connectivity index is 2.56. The Morgan fingerprint density at radius 1 is 0.909 bits per heavy atom. The SMILES string of the molecule is CC(C)Oc1ccc(NCCCCCCN)cc1OC(C)C. The zero-order chi connectivity index (χ0) is 16.4. The molecule has 0 atom stereocenters. The standard InChI is InChI=1S/C18H32N2O2/c1-14(2)21-17-10-9-16(13-18(17)22-15(3)4)20-12-8-6-5-7-11-19/h9-10,13-15,20H,5-8,11-12,19H2,1-4H3.